The number of carbonyl (C=O) groups is 1. The smallest absolute Gasteiger partial charge is 0.256 e. The van der Waals surface area contributed by atoms with Gasteiger partial charge in [-0.3, -0.25) is 9.89 Å². The number of H-pyrrole nitrogens is 1. The summed E-state index contributed by atoms with van der Waals surface area (Å²) in [7, 11) is 0. The van der Waals surface area contributed by atoms with Crippen LogP contribution in [0, 0.1) is 6.92 Å². The number of nitrogens with zero attached hydrogens (tertiary/aromatic N) is 1. The van der Waals surface area contributed by atoms with Crippen molar-refractivity contribution in [1.29, 1.82) is 0 Å². The SMILES string of the molecule is Cc1cn[nH]c1NC(=O)c1ccc(Cl)c(Cl)c1. The average molecular weight is 270 g/mol. The number of aryl methyl sites for hydroxylation is 1. The molecule has 2 rings (SSSR count). The summed E-state index contributed by atoms with van der Waals surface area (Å²) in [6.07, 6.45) is 1.63. The van der Waals surface area contributed by atoms with Crippen molar-refractivity contribution in [1.82, 2.24) is 10.2 Å². The molecule has 0 aliphatic carbocycles. The summed E-state index contributed by atoms with van der Waals surface area (Å²) in [5.74, 6) is 0.303. The van der Waals surface area contributed by atoms with E-state index in [2.05, 4.69) is 15.5 Å². The zero-order valence-corrected chi connectivity index (χ0v) is 10.4. The number of nitrogens with one attached hydrogen (secondary N) is 2. The van der Waals surface area contributed by atoms with E-state index in [9.17, 15) is 4.79 Å². The third-order valence-electron chi connectivity index (χ3n) is 2.25. The molecular formula is C11H9Cl2N3O. The summed E-state index contributed by atoms with van der Waals surface area (Å²) in [6.45, 7) is 1.84. The first-order chi connectivity index (χ1) is 8.08. The molecule has 1 aromatic heterocycles. The zero-order valence-electron chi connectivity index (χ0n) is 8.92. The molecule has 0 aliphatic rings. The van der Waals surface area contributed by atoms with E-state index in [1.54, 1.807) is 18.3 Å². The number of rotatable bonds is 2. The van der Waals surface area contributed by atoms with Crippen LogP contribution in [0.15, 0.2) is 24.4 Å². The minimum Gasteiger partial charge on any atom is -0.307 e. The van der Waals surface area contributed by atoms with Crippen molar-refractivity contribution in [3.05, 3.63) is 45.6 Å². The second-order valence-corrected chi connectivity index (χ2v) is 4.33. The number of aromatic nitrogens is 2. The zero-order chi connectivity index (χ0) is 12.4. The van der Waals surface area contributed by atoms with E-state index < -0.39 is 0 Å². The molecule has 1 heterocycles. The van der Waals surface area contributed by atoms with Crippen LogP contribution in [0.4, 0.5) is 5.82 Å². The maximum Gasteiger partial charge on any atom is 0.256 e. The van der Waals surface area contributed by atoms with Gasteiger partial charge in [-0.2, -0.15) is 5.10 Å². The highest BCUT2D eigenvalue weighted by atomic mass is 35.5. The Morgan fingerprint density at radius 2 is 2.12 bits per heavy atom. The topological polar surface area (TPSA) is 57.8 Å². The van der Waals surface area contributed by atoms with Crippen LogP contribution in [0.1, 0.15) is 15.9 Å². The predicted octanol–water partition coefficient (Wildman–Crippen LogP) is 3.28. The molecule has 1 amide bonds. The summed E-state index contributed by atoms with van der Waals surface area (Å²) in [5, 5.41) is 9.96. The monoisotopic (exact) mass is 269 g/mol. The fourth-order valence-electron chi connectivity index (χ4n) is 1.30. The van der Waals surface area contributed by atoms with Gasteiger partial charge in [-0.05, 0) is 25.1 Å². The van der Waals surface area contributed by atoms with Gasteiger partial charge in [0.2, 0.25) is 0 Å². The Balaban J connectivity index is 2.20. The number of anilines is 1. The summed E-state index contributed by atoms with van der Waals surface area (Å²) >= 11 is 11.6. The van der Waals surface area contributed by atoms with Gasteiger partial charge in [0, 0.05) is 11.1 Å². The standard InChI is InChI=1S/C11H9Cl2N3O/c1-6-5-14-16-10(6)15-11(17)7-2-3-8(12)9(13)4-7/h2-5H,1H3,(H2,14,15,16,17). The van der Waals surface area contributed by atoms with Gasteiger partial charge in [0.05, 0.1) is 16.2 Å². The minimum absolute atomic E-state index is 0.268. The summed E-state index contributed by atoms with van der Waals surface area (Å²) in [5.41, 5.74) is 1.30. The molecule has 0 bridgehead atoms. The summed E-state index contributed by atoms with van der Waals surface area (Å²) < 4.78 is 0. The van der Waals surface area contributed by atoms with E-state index in [-0.39, 0.29) is 5.91 Å². The normalized spacial score (nSPS) is 10.3. The number of hydrogen-bond donors (Lipinski definition) is 2. The van der Waals surface area contributed by atoms with E-state index in [1.165, 1.54) is 6.07 Å². The molecule has 0 saturated carbocycles. The number of aromatic amines is 1. The maximum absolute atomic E-state index is 11.9. The van der Waals surface area contributed by atoms with Gasteiger partial charge in [0.15, 0.2) is 0 Å². The highest BCUT2D eigenvalue weighted by molar-refractivity contribution is 6.42. The van der Waals surface area contributed by atoms with Crippen molar-refractivity contribution >= 4 is 34.9 Å². The van der Waals surface area contributed by atoms with Gasteiger partial charge in [-0.1, -0.05) is 23.2 Å². The average Bonchev–Trinajstić information content (AvgIpc) is 2.68. The molecule has 2 N–H and O–H groups in total. The van der Waals surface area contributed by atoms with Crippen molar-refractivity contribution in [2.75, 3.05) is 5.32 Å². The molecule has 0 atom stereocenters. The fourth-order valence-corrected chi connectivity index (χ4v) is 1.59. The highest BCUT2D eigenvalue weighted by Gasteiger charge is 2.10. The first-order valence-electron chi connectivity index (χ1n) is 4.84. The number of carbonyl (C=O) groups excluding carboxylic acids is 1. The molecule has 6 heteroatoms. The molecule has 0 fully saturated rings. The van der Waals surface area contributed by atoms with E-state index in [0.717, 1.165) is 5.56 Å². The third-order valence-corrected chi connectivity index (χ3v) is 2.99. The molecule has 0 radical (unpaired) electrons. The molecule has 0 spiro atoms. The Morgan fingerprint density at radius 1 is 1.35 bits per heavy atom. The Hall–Kier alpha value is -1.52. The van der Waals surface area contributed by atoms with Gasteiger partial charge in [0.1, 0.15) is 5.82 Å². The van der Waals surface area contributed by atoms with Crippen LogP contribution in [-0.4, -0.2) is 16.1 Å². The van der Waals surface area contributed by atoms with E-state index >= 15 is 0 Å². The molecule has 0 unspecified atom stereocenters. The lowest BCUT2D eigenvalue weighted by Crippen LogP contribution is -2.12. The quantitative estimate of drug-likeness (QED) is 0.879. The molecule has 17 heavy (non-hydrogen) atoms. The Morgan fingerprint density at radius 3 is 2.71 bits per heavy atom. The predicted molar refractivity (Wildman–Crippen MR) is 67.7 cm³/mol. The van der Waals surface area contributed by atoms with Gasteiger partial charge in [0.25, 0.3) is 5.91 Å². The fraction of sp³-hybridized carbons (Fsp3) is 0.0909. The lowest BCUT2D eigenvalue weighted by atomic mass is 10.2. The lowest BCUT2D eigenvalue weighted by molar-refractivity contribution is 0.102. The third kappa shape index (κ3) is 2.60. The van der Waals surface area contributed by atoms with Crippen molar-refractivity contribution in [2.45, 2.75) is 6.92 Å². The van der Waals surface area contributed by atoms with Crippen molar-refractivity contribution in [3.63, 3.8) is 0 Å². The molecule has 4 nitrogen and oxygen atoms in total. The molecule has 88 valence electrons. The van der Waals surface area contributed by atoms with Gasteiger partial charge < -0.3 is 5.32 Å². The van der Waals surface area contributed by atoms with Crippen LogP contribution in [-0.2, 0) is 0 Å². The van der Waals surface area contributed by atoms with E-state index in [4.69, 9.17) is 23.2 Å². The van der Waals surface area contributed by atoms with E-state index in [0.29, 0.717) is 21.4 Å². The first-order valence-corrected chi connectivity index (χ1v) is 5.60. The summed E-state index contributed by atoms with van der Waals surface area (Å²) in [4.78, 5) is 11.9. The second kappa shape index (κ2) is 4.77. The van der Waals surface area contributed by atoms with Crippen LogP contribution < -0.4 is 5.32 Å². The first kappa shape index (κ1) is 12.0. The second-order valence-electron chi connectivity index (χ2n) is 3.51. The Kier molecular flexibility index (Phi) is 3.36. The number of amides is 1. The van der Waals surface area contributed by atoms with Gasteiger partial charge in [-0.15, -0.1) is 0 Å². The Labute approximate surface area is 108 Å². The molecular weight excluding hydrogens is 261 g/mol. The maximum atomic E-state index is 11.9. The van der Waals surface area contributed by atoms with Crippen molar-refractivity contribution in [3.8, 4) is 0 Å². The van der Waals surface area contributed by atoms with Crippen LogP contribution in [0.3, 0.4) is 0 Å². The Bertz CT molecular complexity index is 566. The highest BCUT2D eigenvalue weighted by Crippen LogP contribution is 2.23. The largest absolute Gasteiger partial charge is 0.307 e. The van der Waals surface area contributed by atoms with Crippen molar-refractivity contribution < 1.29 is 4.79 Å². The molecule has 0 aliphatic heterocycles. The van der Waals surface area contributed by atoms with Crippen LogP contribution in [0.5, 0.6) is 0 Å². The van der Waals surface area contributed by atoms with E-state index in [1.807, 2.05) is 6.92 Å². The van der Waals surface area contributed by atoms with Gasteiger partial charge >= 0.3 is 0 Å². The van der Waals surface area contributed by atoms with Crippen molar-refractivity contribution in [2.24, 2.45) is 0 Å². The molecule has 2 aromatic rings. The van der Waals surface area contributed by atoms with Gasteiger partial charge in [-0.25, -0.2) is 0 Å². The minimum atomic E-state index is -0.268. The molecule has 0 saturated heterocycles. The van der Waals surface area contributed by atoms with Crippen LogP contribution in [0.25, 0.3) is 0 Å². The van der Waals surface area contributed by atoms with Crippen LogP contribution >= 0.6 is 23.2 Å². The number of hydrogen-bond acceptors (Lipinski definition) is 2. The number of benzene rings is 1. The lowest BCUT2D eigenvalue weighted by Gasteiger charge is -2.04. The number of halogens is 2. The summed E-state index contributed by atoms with van der Waals surface area (Å²) in [6, 6.07) is 4.71. The molecule has 1 aromatic carbocycles. The van der Waals surface area contributed by atoms with Crippen LogP contribution in [0.2, 0.25) is 10.0 Å².